The van der Waals surface area contributed by atoms with E-state index in [1.807, 2.05) is 13.8 Å². The lowest BCUT2D eigenvalue weighted by atomic mass is 9.92. The Bertz CT molecular complexity index is 338. The predicted molar refractivity (Wildman–Crippen MR) is 71.6 cm³/mol. The molecule has 0 saturated heterocycles. The lowest BCUT2D eigenvalue weighted by Crippen LogP contribution is -2.44. The number of aliphatic hydroxyl groups is 1. The standard InChI is InChI=1S/C14H25NO4/c1-9(2)7-14(3,19)8-15-12(16)10-5-4-6-11(10)13(17)18/h9-11,19H,4-8H2,1-3H3,(H,15,16)(H,17,18). The van der Waals surface area contributed by atoms with Crippen molar-refractivity contribution >= 4 is 11.9 Å². The van der Waals surface area contributed by atoms with E-state index in [1.165, 1.54) is 0 Å². The highest BCUT2D eigenvalue weighted by Gasteiger charge is 2.38. The van der Waals surface area contributed by atoms with E-state index in [2.05, 4.69) is 5.32 Å². The number of carbonyl (C=O) groups is 2. The van der Waals surface area contributed by atoms with Crippen LogP contribution in [-0.2, 0) is 9.59 Å². The summed E-state index contributed by atoms with van der Waals surface area (Å²) in [4.78, 5) is 23.0. The average Bonchev–Trinajstić information content (AvgIpc) is 2.73. The quantitative estimate of drug-likeness (QED) is 0.681. The number of hydrogen-bond donors (Lipinski definition) is 3. The van der Waals surface area contributed by atoms with Crippen LogP contribution in [0.1, 0.15) is 46.5 Å². The number of amides is 1. The second-order valence-corrected chi connectivity index (χ2v) is 6.29. The molecule has 110 valence electrons. The third-order valence-electron chi connectivity index (χ3n) is 3.66. The van der Waals surface area contributed by atoms with E-state index in [0.29, 0.717) is 25.2 Å². The first kappa shape index (κ1) is 16.0. The first-order valence-corrected chi connectivity index (χ1v) is 6.96. The van der Waals surface area contributed by atoms with E-state index in [1.54, 1.807) is 6.92 Å². The van der Waals surface area contributed by atoms with Gasteiger partial charge in [0.15, 0.2) is 0 Å². The van der Waals surface area contributed by atoms with Crippen LogP contribution in [0.25, 0.3) is 0 Å². The van der Waals surface area contributed by atoms with Gasteiger partial charge in [0.25, 0.3) is 0 Å². The van der Waals surface area contributed by atoms with Gasteiger partial charge in [-0.15, -0.1) is 0 Å². The second-order valence-electron chi connectivity index (χ2n) is 6.29. The molecule has 0 aromatic carbocycles. The van der Waals surface area contributed by atoms with E-state index in [4.69, 9.17) is 5.11 Å². The highest BCUT2D eigenvalue weighted by molar-refractivity contribution is 5.85. The normalized spacial score (nSPS) is 26.2. The number of hydrogen-bond acceptors (Lipinski definition) is 3. The zero-order chi connectivity index (χ0) is 14.6. The van der Waals surface area contributed by atoms with E-state index in [0.717, 1.165) is 6.42 Å². The van der Waals surface area contributed by atoms with Gasteiger partial charge in [-0.3, -0.25) is 9.59 Å². The maximum absolute atomic E-state index is 12.0. The highest BCUT2D eigenvalue weighted by Crippen LogP contribution is 2.32. The SMILES string of the molecule is CC(C)CC(C)(O)CNC(=O)C1CCCC1C(=O)O. The third-order valence-corrected chi connectivity index (χ3v) is 3.66. The van der Waals surface area contributed by atoms with Crippen LogP contribution < -0.4 is 5.32 Å². The maximum Gasteiger partial charge on any atom is 0.307 e. The Morgan fingerprint density at radius 2 is 1.89 bits per heavy atom. The summed E-state index contributed by atoms with van der Waals surface area (Å²) in [5.74, 6) is -1.83. The molecule has 1 amide bonds. The van der Waals surface area contributed by atoms with Gasteiger partial charge in [0, 0.05) is 6.54 Å². The van der Waals surface area contributed by atoms with Crippen molar-refractivity contribution in [2.75, 3.05) is 6.54 Å². The Morgan fingerprint density at radius 1 is 1.32 bits per heavy atom. The molecular formula is C14H25NO4. The Kier molecular flexibility index (Phi) is 5.35. The fourth-order valence-corrected chi connectivity index (χ4v) is 2.93. The van der Waals surface area contributed by atoms with Gasteiger partial charge in [-0.05, 0) is 32.1 Å². The van der Waals surface area contributed by atoms with Crippen molar-refractivity contribution < 1.29 is 19.8 Å². The van der Waals surface area contributed by atoms with Crippen molar-refractivity contribution in [2.24, 2.45) is 17.8 Å². The summed E-state index contributed by atoms with van der Waals surface area (Å²) in [5.41, 5.74) is -0.943. The molecule has 0 aromatic heterocycles. The van der Waals surface area contributed by atoms with Crippen LogP contribution in [0, 0.1) is 17.8 Å². The number of nitrogens with one attached hydrogen (secondary N) is 1. The van der Waals surface area contributed by atoms with Crippen LogP contribution in [0.4, 0.5) is 0 Å². The summed E-state index contributed by atoms with van der Waals surface area (Å²) >= 11 is 0. The summed E-state index contributed by atoms with van der Waals surface area (Å²) in [6, 6.07) is 0. The van der Waals surface area contributed by atoms with Crippen LogP contribution in [-0.4, -0.2) is 34.2 Å². The van der Waals surface area contributed by atoms with Crippen LogP contribution in [0.15, 0.2) is 0 Å². The zero-order valence-corrected chi connectivity index (χ0v) is 12.0. The smallest absolute Gasteiger partial charge is 0.307 e. The van der Waals surface area contributed by atoms with Gasteiger partial charge in [0.05, 0.1) is 17.4 Å². The van der Waals surface area contributed by atoms with Crippen molar-refractivity contribution in [3.05, 3.63) is 0 Å². The fraction of sp³-hybridized carbons (Fsp3) is 0.857. The molecule has 0 spiro atoms. The lowest BCUT2D eigenvalue weighted by Gasteiger charge is -2.26. The molecule has 1 rings (SSSR count). The van der Waals surface area contributed by atoms with Crippen molar-refractivity contribution in [1.29, 1.82) is 0 Å². The number of carbonyl (C=O) groups excluding carboxylic acids is 1. The van der Waals surface area contributed by atoms with Crippen LogP contribution in [0.3, 0.4) is 0 Å². The van der Waals surface area contributed by atoms with Crippen molar-refractivity contribution in [2.45, 2.75) is 52.1 Å². The molecule has 0 radical (unpaired) electrons. The first-order valence-electron chi connectivity index (χ1n) is 6.96. The molecule has 3 atom stereocenters. The van der Waals surface area contributed by atoms with Crippen LogP contribution in [0.5, 0.6) is 0 Å². The van der Waals surface area contributed by atoms with Gasteiger partial charge in [-0.2, -0.15) is 0 Å². The monoisotopic (exact) mass is 271 g/mol. The Hall–Kier alpha value is -1.10. The Balaban J connectivity index is 2.49. The number of carboxylic acids is 1. The minimum absolute atomic E-state index is 0.173. The molecule has 19 heavy (non-hydrogen) atoms. The summed E-state index contributed by atoms with van der Waals surface area (Å²) in [6.45, 7) is 5.88. The number of rotatable bonds is 6. The molecule has 5 heteroatoms. The molecular weight excluding hydrogens is 246 g/mol. The van der Waals surface area contributed by atoms with E-state index < -0.39 is 23.4 Å². The second kappa shape index (κ2) is 6.37. The van der Waals surface area contributed by atoms with Crippen molar-refractivity contribution in [1.82, 2.24) is 5.32 Å². The molecule has 3 N–H and O–H groups in total. The minimum atomic E-state index is -0.943. The maximum atomic E-state index is 12.0. The highest BCUT2D eigenvalue weighted by atomic mass is 16.4. The molecule has 3 unspecified atom stereocenters. The van der Waals surface area contributed by atoms with Gasteiger partial charge < -0.3 is 15.5 Å². The summed E-state index contributed by atoms with van der Waals surface area (Å²) < 4.78 is 0. The molecule has 1 fully saturated rings. The van der Waals surface area contributed by atoms with E-state index >= 15 is 0 Å². The molecule has 0 bridgehead atoms. The summed E-state index contributed by atoms with van der Waals surface area (Å²) in [6.07, 6.45) is 2.56. The fourth-order valence-electron chi connectivity index (χ4n) is 2.93. The molecule has 1 aliphatic carbocycles. The van der Waals surface area contributed by atoms with Gasteiger partial charge >= 0.3 is 5.97 Å². The van der Waals surface area contributed by atoms with Crippen molar-refractivity contribution in [3.63, 3.8) is 0 Å². The molecule has 5 nitrogen and oxygen atoms in total. The van der Waals surface area contributed by atoms with Crippen LogP contribution in [0.2, 0.25) is 0 Å². The topological polar surface area (TPSA) is 86.6 Å². The first-order chi connectivity index (χ1) is 8.73. The van der Waals surface area contributed by atoms with Gasteiger partial charge in [-0.25, -0.2) is 0 Å². The lowest BCUT2D eigenvalue weighted by molar-refractivity contribution is -0.146. The molecule has 0 heterocycles. The predicted octanol–water partition coefficient (Wildman–Crippen LogP) is 1.40. The van der Waals surface area contributed by atoms with Gasteiger partial charge in [-0.1, -0.05) is 20.3 Å². The number of aliphatic carboxylic acids is 1. The molecule has 0 aromatic rings. The third kappa shape index (κ3) is 4.82. The summed E-state index contributed by atoms with van der Waals surface area (Å²) in [7, 11) is 0. The molecule has 1 saturated carbocycles. The zero-order valence-electron chi connectivity index (χ0n) is 12.0. The van der Waals surface area contributed by atoms with Crippen LogP contribution >= 0.6 is 0 Å². The molecule has 0 aliphatic heterocycles. The van der Waals surface area contributed by atoms with E-state index in [9.17, 15) is 14.7 Å². The van der Waals surface area contributed by atoms with E-state index in [-0.39, 0.29) is 12.5 Å². The average molecular weight is 271 g/mol. The number of carboxylic acid groups (broad SMARTS) is 1. The Morgan fingerprint density at radius 3 is 2.42 bits per heavy atom. The van der Waals surface area contributed by atoms with Gasteiger partial charge in [0.1, 0.15) is 0 Å². The Labute approximate surface area is 114 Å². The minimum Gasteiger partial charge on any atom is -0.481 e. The summed E-state index contributed by atoms with van der Waals surface area (Å²) in [5, 5.41) is 21.9. The van der Waals surface area contributed by atoms with Gasteiger partial charge in [0.2, 0.25) is 5.91 Å². The largest absolute Gasteiger partial charge is 0.481 e. The van der Waals surface area contributed by atoms with Crippen molar-refractivity contribution in [3.8, 4) is 0 Å². The molecule has 1 aliphatic rings.